The van der Waals surface area contributed by atoms with E-state index in [0.29, 0.717) is 17.9 Å². The van der Waals surface area contributed by atoms with Gasteiger partial charge in [0.05, 0.1) is 11.4 Å². The minimum absolute atomic E-state index is 0.197. The summed E-state index contributed by atoms with van der Waals surface area (Å²) in [6.07, 6.45) is 0. The number of nitrogens with two attached hydrogens (primary N) is 1. The van der Waals surface area contributed by atoms with E-state index in [-0.39, 0.29) is 11.8 Å². The largest absolute Gasteiger partial charge is 0.395 e. The quantitative estimate of drug-likeness (QED) is 0.751. The Balaban J connectivity index is 1.82. The molecule has 1 saturated heterocycles. The summed E-state index contributed by atoms with van der Waals surface area (Å²) < 4.78 is 0. The van der Waals surface area contributed by atoms with Gasteiger partial charge in [-0.25, -0.2) is 0 Å². The molecule has 112 valence electrons. The van der Waals surface area contributed by atoms with Crippen LogP contribution < -0.4 is 11.1 Å². The van der Waals surface area contributed by atoms with Gasteiger partial charge in [0.15, 0.2) is 5.69 Å². The van der Waals surface area contributed by atoms with Crippen LogP contribution >= 0.6 is 11.8 Å². The first-order chi connectivity index (χ1) is 9.59. The monoisotopic (exact) mass is 297 g/mol. The highest BCUT2D eigenvalue weighted by molar-refractivity contribution is 7.99. The van der Waals surface area contributed by atoms with Gasteiger partial charge in [0.25, 0.3) is 5.91 Å². The van der Waals surface area contributed by atoms with Crippen LogP contribution in [-0.4, -0.2) is 58.7 Å². The number of carbonyl (C=O) groups is 1. The minimum Gasteiger partial charge on any atom is -0.395 e. The number of nitrogens with zero attached hydrogens (tertiary/aromatic N) is 2. The maximum atomic E-state index is 12.0. The van der Waals surface area contributed by atoms with Crippen LogP contribution in [0.5, 0.6) is 0 Å². The molecule has 0 bridgehead atoms. The number of nitrogen functional groups attached to an aromatic ring is 1. The lowest BCUT2D eigenvalue weighted by molar-refractivity contribution is 0.0945. The zero-order valence-corrected chi connectivity index (χ0v) is 12.9. The van der Waals surface area contributed by atoms with E-state index in [4.69, 9.17) is 5.73 Å². The molecule has 0 atom stereocenters. The lowest BCUT2D eigenvalue weighted by Gasteiger charge is -2.25. The van der Waals surface area contributed by atoms with Crippen molar-refractivity contribution >= 4 is 23.4 Å². The van der Waals surface area contributed by atoms with Crippen molar-refractivity contribution in [3.05, 3.63) is 11.4 Å². The van der Waals surface area contributed by atoms with Gasteiger partial charge in [-0.2, -0.15) is 16.9 Å². The third-order valence-corrected chi connectivity index (χ3v) is 4.39. The van der Waals surface area contributed by atoms with Crippen LogP contribution in [0.2, 0.25) is 0 Å². The highest BCUT2D eigenvalue weighted by Gasteiger charge is 2.18. The summed E-state index contributed by atoms with van der Waals surface area (Å²) in [5.74, 6) is 2.39. The summed E-state index contributed by atoms with van der Waals surface area (Å²) in [6.45, 7) is 7.74. The standard InChI is InChI=1S/C13H23N5OS/c1-9(2)11-10(14)12(17-16-11)13(19)15-3-4-18-5-7-20-8-6-18/h9H,3-8,14H2,1-2H3,(H,15,19)(H,16,17). The number of hydrogen-bond donors (Lipinski definition) is 3. The molecule has 4 N–H and O–H groups in total. The number of H-pyrrole nitrogens is 1. The van der Waals surface area contributed by atoms with Crippen molar-refractivity contribution in [1.29, 1.82) is 0 Å². The van der Waals surface area contributed by atoms with Crippen LogP contribution in [0.4, 0.5) is 5.69 Å². The van der Waals surface area contributed by atoms with Crippen LogP contribution in [0.3, 0.4) is 0 Å². The predicted molar refractivity (Wildman–Crippen MR) is 83.2 cm³/mol. The Labute approximate surface area is 123 Å². The Kier molecular flexibility index (Phi) is 5.31. The number of amides is 1. The SMILES string of the molecule is CC(C)c1[nH]nc(C(=O)NCCN2CCSCC2)c1N. The van der Waals surface area contributed by atoms with Gasteiger partial charge in [-0.3, -0.25) is 14.8 Å². The Morgan fingerprint density at radius 2 is 2.20 bits per heavy atom. The molecule has 1 aromatic rings. The number of anilines is 1. The number of carbonyl (C=O) groups excluding carboxylic acids is 1. The summed E-state index contributed by atoms with van der Waals surface area (Å²) in [6, 6.07) is 0. The molecule has 0 aliphatic carbocycles. The Bertz CT molecular complexity index is 454. The molecule has 1 fully saturated rings. The average molecular weight is 297 g/mol. The van der Waals surface area contributed by atoms with E-state index in [1.165, 1.54) is 11.5 Å². The first-order valence-electron chi connectivity index (χ1n) is 7.01. The van der Waals surface area contributed by atoms with Gasteiger partial charge in [0.2, 0.25) is 0 Å². The zero-order chi connectivity index (χ0) is 14.5. The molecule has 2 heterocycles. The molecule has 0 saturated carbocycles. The third kappa shape index (κ3) is 3.67. The topological polar surface area (TPSA) is 87.0 Å². The second-order valence-corrected chi connectivity index (χ2v) is 6.49. The van der Waals surface area contributed by atoms with Crippen molar-refractivity contribution in [3.63, 3.8) is 0 Å². The van der Waals surface area contributed by atoms with E-state index in [1.807, 2.05) is 25.6 Å². The van der Waals surface area contributed by atoms with Gasteiger partial charge >= 0.3 is 0 Å². The molecular weight excluding hydrogens is 274 g/mol. The van der Waals surface area contributed by atoms with Crippen molar-refractivity contribution in [3.8, 4) is 0 Å². The van der Waals surface area contributed by atoms with Gasteiger partial charge in [0.1, 0.15) is 0 Å². The Hall–Kier alpha value is -1.21. The normalized spacial score (nSPS) is 16.6. The number of aromatic amines is 1. The molecule has 1 aromatic heterocycles. The number of rotatable bonds is 5. The summed E-state index contributed by atoms with van der Waals surface area (Å²) in [5.41, 5.74) is 7.55. The van der Waals surface area contributed by atoms with Crippen molar-refractivity contribution < 1.29 is 4.79 Å². The molecule has 0 aromatic carbocycles. The fourth-order valence-electron chi connectivity index (χ4n) is 2.21. The van der Waals surface area contributed by atoms with Crippen LogP contribution in [0.1, 0.15) is 35.9 Å². The van der Waals surface area contributed by atoms with E-state index >= 15 is 0 Å². The molecule has 1 amide bonds. The summed E-state index contributed by atoms with van der Waals surface area (Å²) in [7, 11) is 0. The molecular formula is C13H23N5OS. The van der Waals surface area contributed by atoms with Gasteiger partial charge in [-0.05, 0) is 5.92 Å². The average Bonchev–Trinajstić information content (AvgIpc) is 2.82. The number of thioether (sulfide) groups is 1. The predicted octanol–water partition coefficient (Wildman–Crippen LogP) is 0.894. The van der Waals surface area contributed by atoms with Crippen LogP contribution in [0, 0.1) is 0 Å². The van der Waals surface area contributed by atoms with E-state index in [1.54, 1.807) is 0 Å². The Morgan fingerprint density at radius 3 is 2.80 bits per heavy atom. The van der Waals surface area contributed by atoms with Crippen LogP contribution in [0.15, 0.2) is 0 Å². The molecule has 2 rings (SSSR count). The maximum Gasteiger partial charge on any atom is 0.273 e. The van der Waals surface area contributed by atoms with Gasteiger partial charge in [-0.1, -0.05) is 13.8 Å². The molecule has 1 aliphatic heterocycles. The van der Waals surface area contributed by atoms with Gasteiger partial charge in [0, 0.05) is 37.7 Å². The molecule has 20 heavy (non-hydrogen) atoms. The highest BCUT2D eigenvalue weighted by atomic mass is 32.2. The van der Waals surface area contributed by atoms with E-state index < -0.39 is 0 Å². The first-order valence-corrected chi connectivity index (χ1v) is 8.17. The second-order valence-electron chi connectivity index (χ2n) is 5.26. The smallest absolute Gasteiger partial charge is 0.273 e. The minimum atomic E-state index is -0.197. The van der Waals surface area contributed by atoms with E-state index in [9.17, 15) is 4.79 Å². The lowest BCUT2D eigenvalue weighted by Crippen LogP contribution is -2.39. The van der Waals surface area contributed by atoms with E-state index in [0.717, 1.165) is 25.3 Å². The van der Waals surface area contributed by atoms with Crippen molar-refractivity contribution in [2.24, 2.45) is 0 Å². The van der Waals surface area contributed by atoms with Gasteiger partial charge < -0.3 is 11.1 Å². The molecule has 7 heteroatoms. The van der Waals surface area contributed by atoms with Crippen molar-refractivity contribution in [1.82, 2.24) is 20.4 Å². The first kappa shape index (κ1) is 15.2. The number of aromatic nitrogens is 2. The second kappa shape index (κ2) is 6.99. The highest BCUT2D eigenvalue weighted by Crippen LogP contribution is 2.21. The number of nitrogens with one attached hydrogen (secondary N) is 2. The van der Waals surface area contributed by atoms with Gasteiger partial charge in [-0.15, -0.1) is 0 Å². The maximum absolute atomic E-state index is 12.0. The lowest BCUT2D eigenvalue weighted by atomic mass is 10.1. The zero-order valence-electron chi connectivity index (χ0n) is 12.1. The summed E-state index contributed by atoms with van der Waals surface area (Å²) in [5, 5.41) is 9.76. The Morgan fingerprint density at radius 1 is 1.50 bits per heavy atom. The van der Waals surface area contributed by atoms with Crippen LogP contribution in [0.25, 0.3) is 0 Å². The summed E-state index contributed by atoms with van der Waals surface area (Å²) in [4.78, 5) is 14.4. The molecule has 0 unspecified atom stereocenters. The molecule has 0 spiro atoms. The third-order valence-electron chi connectivity index (χ3n) is 3.44. The van der Waals surface area contributed by atoms with Crippen molar-refractivity contribution in [2.75, 3.05) is 43.4 Å². The summed E-state index contributed by atoms with van der Waals surface area (Å²) >= 11 is 1.98. The molecule has 0 radical (unpaired) electrons. The fraction of sp³-hybridized carbons (Fsp3) is 0.692. The van der Waals surface area contributed by atoms with E-state index in [2.05, 4.69) is 20.4 Å². The fourth-order valence-corrected chi connectivity index (χ4v) is 3.19. The van der Waals surface area contributed by atoms with Crippen molar-refractivity contribution in [2.45, 2.75) is 19.8 Å². The van der Waals surface area contributed by atoms with Crippen LogP contribution in [-0.2, 0) is 0 Å². The molecule has 6 nitrogen and oxygen atoms in total. The molecule has 1 aliphatic rings. The number of hydrogen-bond acceptors (Lipinski definition) is 5.